The third kappa shape index (κ3) is 5.25. The second-order valence-electron chi connectivity index (χ2n) is 12.9. The number of likely N-dealkylation sites (tertiary alicyclic amines) is 1. The van der Waals surface area contributed by atoms with Crippen LogP contribution in [0.1, 0.15) is 45.1 Å². The smallest absolute Gasteiger partial charge is 0.250 e. The monoisotopic (exact) mass is 640 g/mol. The number of hydrogen-bond donors (Lipinski definition) is 1. The number of amides is 3. The quantitative estimate of drug-likeness (QED) is 0.268. The lowest BCUT2D eigenvalue weighted by atomic mass is 9.64. The van der Waals surface area contributed by atoms with E-state index in [2.05, 4.69) is 23.5 Å². The minimum absolute atomic E-state index is 0.0754. The Morgan fingerprint density at radius 3 is 2.43 bits per heavy atom. The van der Waals surface area contributed by atoms with Crippen molar-refractivity contribution in [3.63, 3.8) is 0 Å². The molecular weight excluding hydrogens is 596 g/mol. The van der Waals surface area contributed by atoms with E-state index in [-0.39, 0.29) is 37.5 Å². The topological polar surface area (TPSA) is 121 Å². The number of nitrogens with zero attached hydrogens (tertiary/aromatic N) is 6. The van der Waals surface area contributed by atoms with E-state index in [0.29, 0.717) is 44.3 Å². The van der Waals surface area contributed by atoms with Crippen LogP contribution in [0, 0.1) is 11.8 Å². The number of ether oxygens (including phenoxy) is 1. The first-order chi connectivity index (χ1) is 22.8. The lowest BCUT2D eigenvalue weighted by Gasteiger charge is -2.39. The van der Waals surface area contributed by atoms with E-state index in [1.165, 1.54) is 4.90 Å². The fourth-order valence-electron chi connectivity index (χ4n) is 8.24. The fourth-order valence-corrected chi connectivity index (χ4v) is 8.24. The van der Waals surface area contributed by atoms with Gasteiger partial charge in [0, 0.05) is 19.6 Å². The molecule has 1 N–H and O–H groups in total. The highest BCUT2D eigenvalue weighted by Gasteiger charge is 2.79. The number of fused-ring (bicyclic) bond motifs is 2. The molecule has 3 saturated heterocycles. The number of para-hydroxylation sites is 1. The highest BCUT2D eigenvalue weighted by atomic mass is 16.5. The fraction of sp³-hybridized carbons (Fsp3) is 0.472. The Bertz CT molecular complexity index is 1660. The van der Waals surface area contributed by atoms with Crippen LogP contribution in [-0.2, 0) is 32.3 Å². The van der Waals surface area contributed by atoms with Gasteiger partial charge in [-0.2, -0.15) is 0 Å². The minimum atomic E-state index is -1.23. The number of carbonyl (C=O) groups is 3. The number of aromatic nitrogens is 3. The van der Waals surface area contributed by atoms with Gasteiger partial charge < -0.3 is 24.5 Å². The molecule has 3 fully saturated rings. The molecule has 4 heterocycles. The van der Waals surface area contributed by atoms with Crippen molar-refractivity contribution in [3.05, 3.63) is 85.5 Å². The van der Waals surface area contributed by atoms with Gasteiger partial charge in [0.2, 0.25) is 17.7 Å². The van der Waals surface area contributed by atoms with Crippen LogP contribution in [0.2, 0.25) is 0 Å². The van der Waals surface area contributed by atoms with Crippen LogP contribution in [0.4, 0.5) is 0 Å². The first-order valence-electron chi connectivity index (χ1n) is 16.5. The summed E-state index contributed by atoms with van der Waals surface area (Å²) in [6.45, 7) is 12.3. The standard InChI is InChI=1S/C36H44N6O5/c1-5-20-39(22-25-14-10-9-11-15-25)32(44)29-30-33(45)42(26(7-3)23-43)31(36(30)19-18-35(29,8-4)47-36)34(46)40(21-6-2)24-41-28-17-13-12-16-27(28)37-38-41/h5-6,9-17,26,29-31,43H,1-2,7-8,18-24H2,3-4H3/t26-,29+,30-,31?,35-,36?/m0/s1. The molecule has 0 radical (unpaired) electrons. The van der Waals surface area contributed by atoms with E-state index < -0.39 is 35.1 Å². The van der Waals surface area contributed by atoms with Crippen molar-refractivity contribution in [2.75, 3.05) is 19.7 Å². The molecule has 2 aromatic carbocycles. The summed E-state index contributed by atoms with van der Waals surface area (Å²) < 4.78 is 8.67. The zero-order chi connectivity index (χ0) is 33.3. The Morgan fingerprint density at radius 1 is 1.04 bits per heavy atom. The summed E-state index contributed by atoms with van der Waals surface area (Å²) in [6.07, 6.45) is 5.27. The van der Waals surface area contributed by atoms with Gasteiger partial charge in [-0.05, 0) is 43.4 Å². The van der Waals surface area contributed by atoms with Crippen LogP contribution in [0.3, 0.4) is 0 Å². The summed E-state index contributed by atoms with van der Waals surface area (Å²) in [7, 11) is 0. The van der Waals surface area contributed by atoms with Crippen LogP contribution in [0.15, 0.2) is 79.9 Å². The number of benzene rings is 2. The zero-order valence-corrected chi connectivity index (χ0v) is 27.2. The van der Waals surface area contributed by atoms with Gasteiger partial charge in [-0.1, -0.05) is 73.7 Å². The van der Waals surface area contributed by atoms with E-state index in [1.54, 1.807) is 26.6 Å². The third-order valence-electron chi connectivity index (χ3n) is 10.5. The van der Waals surface area contributed by atoms with Crippen LogP contribution in [0.5, 0.6) is 0 Å². The number of carbonyl (C=O) groups excluding carboxylic acids is 3. The molecule has 6 atom stereocenters. The number of hydrogen-bond acceptors (Lipinski definition) is 7. The van der Waals surface area contributed by atoms with Crippen LogP contribution in [-0.4, -0.2) is 95.5 Å². The van der Waals surface area contributed by atoms with Gasteiger partial charge in [-0.25, -0.2) is 4.68 Å². The Labute approximate surface area is 275 Å². The second kappa shape index (κ2) is 13.0. The van der Waals surface area contributed by atoms with Gasteiger partial charge in [-0.3, -0.25) is 14.4 Å². The maximum atomic E-state index is 14.9. The summed E-state index contributed by atoms with van der Waals surface area (Å²) in [5.41, 5.74) is 0.297. The van der Waals surface area contributed by atoms with E-state index in [0.717, 1.165) is 11.1 Å². The Kier molecular flexibility index (Phi) is 9.04. The summed E-state index contributed by atoms with van der Waals surface area (Å²) in [5, 5.41) is 19.1. The lowest BCUT2D eigenvalue weighted by molar-refractivity contribution is -0.159. The minimum Gasteiger partial charge on any atom is -0.394 e. The SMILES string of the molecule is C=CCN(Cn1nnc2ccccc21)C(=O)C1N([C@@H](CC)CO)C(=O)[C@@H]2[C@H](C(=O)N(CC=C)Cc3ccccc3)[C@]3(CC)CCC12O3. The number of aliphatic hydroxyl groups excluding tert-OH is 1. The molecule has 0 aliphatic carbocycles. The Balaban J connectivity index is 1.41. The lowest BCUT2D eigenvalue weighted by Crippen LogP contribution is -2.59. The predicted molar refractivity (Wildman–Crippen MR) is 176 cm³/mol. The maximum absolute atomic E-state index is 14.9. The van der Waals surface area contributed by atoms with E-state index in [4.69, 9.17) is 4.74 Å². The van der Waals surface area contributed by atoms with Gasteiger partial charge in [0.05, 0.1) is 35.6 Å². The first kappa shape index (κ1) is 32.6. The van der Waals surface area contributed by atoms with Crippen molar-refractivity contribution in [2.24, 2.45) is 11.8 Å². The largest absolute Gasteiger partial charge is 0.394 e. The summed E-state index contributed by atoms with van der Waals surface area (Å²) >= 11 is 0. The van der Waals surface area contributed by atoms with Crippen molar-refractivity contribution in [3.8, 4) is 0 Å². The highest BCUT2D eigenvalue weighted by molar-refractivity contribution is 5.99. The highest BCUT2D eigenvalue weighted by Crippen LogP contribution is 2.65. The molecule has 2 unspecified atom stereocenters. The molecule has 3 aliphatic heterocycles. The van der Waals surface area contributed by atoms with Crippen LogP contribution in [0.25, 0.3) is 11.0 Å². The van der Waals surface area contributed by atoms with E-state index >= 15 is 0 Å². The molecule has 1 aromatic heterocycles. The first-order valence-corrected chi connectivity index (χ1v) is 16.5. The van der Waals surface area contributed by atoms with Gasteiger partial charge in [-0.15, -0.1) is 18.3 Å². The molecule has 47 heavy (non-hydrogen) atoms. The van der Waals surface area contributed by atoms with Gasteiger partial charge >= 0.3 is 0 Å². The molecule has 3 aromatic rings. The molecule has 11 heteroatoms. The van der Waals surface area contributed by atoms with Crippen LogP contribution < -0.4 is 0 Å². The predicted octanol–water partition coefficient (Wildman–Crippen LogP) is 3.54. The molecule has 6 rings (SSSR count). The Hall–Kier alpha value is -4.35. The second-order valence-corrected chi connectivity index (χ2v) is 12.9. The van der Waals surface area contributed by atoms with Crippen molar-refractivity contribution >= 4 is 28.8 Å². The molecule has 2 bridgehead atoms. The molecule has 11 nitrogen and oxygen atoms in total. The number of aliphatic hydroxyl groups is 1. The zero-order valence-electron chi connectivity index (χ0n) is 27.2. The van der Waals surface area contributed by atoms with E-state index in [1.807, 2.05) is 68.4 Å². The Morgan fingerprint density at radius 2 is 1.74 bits per heavy atom. The normalized spacial score (nSPS) is 26.7. The van der Waals surface area contributed by atoms with Gasteiger partial charge in [0.15, 0.2) is 0 Å². The summed E-state index contributed by atoms with van der Waals surface area (Å²) in [6, 6.07) is 15.6. The van der Waals surface area contributed by atoms with Gasteiger partial charge in [0.1, 0.15) is 23.8 Å². The average Bonchev–Trinajstić information content (AvgIpc) is 3.82. The third-order valence-corrected chi connectivity index (χ3v) is 10.5. The van der Waals surface area contributed by atoms with E-state index in [9.17, 15) is 19.5 Å². The van der Waals surface area contributed by atoms with Crippen molar-refractivity contribution < 1.29 is 24.2 Å². The number of rotatable bonds is 14. The maximum Gasteiger partial charge on any atom is 0.250 e. The van der Waals surface area contributed by atoms with Crippen molar-refractivity contribution in [2.45, 2.75) is 76.0 Å². The molecule has 248 valence electrons. The van der Waals surface area contributed by atoms with Crippen molar-refractivity contribution in [1.82, 2.24) is 29.7 Å². The van der Waals surface area contributed by atoms with Crippen LogP contribution >= 0.6 is 0 Å². The van der Waals surface area contributed by atoms with Gasteiger partial charge in [0.25, 0.3) is 0 Å². The molecule has 1 spiro atoms. The molecule has 3 aliphatic rings. The molecular formula is C36H44N6O5. The molecule has 0 saturated carbocycles. The average molecular weight is 641 g/mol. The molecule has 3 amide bonds. The van der Waals surface area contributed by atoms with Crippen molar-refractivity contribution in [1.29, 1.82) is 0 Å². The summed E-state index contributed by atoms with van der Waals surface area (Å²) in [5.74, 6) is -2.50. The summed E-state index contributed by atoms with van der Waals surface area (Å²) in [4.78, 5) is 49.2.